The number of anilines is 1. The summed E-state index contributed by atoms with van der Waals surface area (Å²) in [6.45, 7) is 2.42. The molecule has 20 heavy (non-hydrogen) atoms. The first-order chi connectivity index (χ1) is 9.60. The molecule has 1 aromatic carbocycles. The second kappa shape index (κ2) is 6.54. The lowest BCUT2D eigenvalue weighted by Crippen LogP contribution is -2.20. The maximum atomic E-state index is 12.0. The Bertz CT molecular complexity index is 583. The molecule has 0 spiro atoms. The average Bonchev–Trinajstić information content (AvgIpc) is 2.92. The van der Waals surface area contributed by atoms with Gasteiger partial charge < -0.3 is 11.1 Å². The van der Waals surface area contributed by atoms with Crippen LogP contribution in [0, 0.1) is 5.92 Å². The van der Waals surface area contributed by atoms with Crippen LogP contribution < -0.4 is 11.1 Å². The van der Waals surface area contributed by atoms with Crippen LogP contribution in [-0.4, -0.2) is 22.2 Å². The van der Waals surface area contributed by atoms with Crippen LogP contribution in [0.5, 0.6) is 0 Å². The molecule has 1 unspecified atom stereocenters. The molecule has 0 fully saturated rings. The third-order valence-electron chi connectivity index (χ3n) is 2.92. The monoisotopic (exact) mass is 292 g/mol. The highest BCUT2D eigenvalue weighted by Gasteiger charge is 2.12. The lowest BCUT2D eigenvalue weighted by molar-refractivity contribution is -0.116. The summed E-state index contributed by atoms with van der Waals surface area (Å²) in [5.41, 5.74) is 6.94. The molecule has 0 saturated heterocycles. The van der Waals surface area contributed by atoms with Crippen LogP contribution in [0.4, 0.5) is 5.69 Å². The van der Waals surface area contributed by atoms with Crippen molar-refractivity contribution in [3.8, 4) is 5.69 Å². The fraction of sp³-hybridized carbons (Fsp3) is 0.286. The molecule has 1 atom stereocenters. The van der Waals surface area contributed by atoms with Gasteiger partial charge in [0.05, 0.1) is 11.4 Å². The number of nitrogens with two attached hydrogens (primary N) is 1. The molecule has 1 aromatic heterocycles. The second-order valence-electron chi connectivity index (χ2n) is 4.71. The number of amides is 1. The molecule has 2 rings (SSSR count). The molecule has 3 N–H and O–H groups in total. The minimum Gasteiger partial charge on any atom is -0.330 e. The van der Waals surface area contributed by atoms with Gasteiger partial charge in [-0.15, -0.1) is 0 Å². The highest BCUT2D eigenvalue weighted by molar-refractivity contribution is 6.31. The molecule has 1 heterocycles. The molecular formula is C14H17ClN4O. The van der Waals surface area contributed by atoms with Crippen molar-refractivity contribution in [3.05, 3.63) is 41.7 Å². The van der Waals surface area contributed by atoms with Crippen LogP contribution in [0.1, 0.15) is 13.3 Å². The molecule has 0 saturated carbocycles. The van der Waals surface area contributed by atoms with E-state index >= 15 is 0 Å². The summed E-state index contributed by atoms with van der Waals surface area (Å²) >= 11 is 5.99. The Kier molecular flexibility index (Phi) is 4.76. The fourth-order valence-electron chi connectivity index (χ4n) is 1.82. The number of benzene rings is 1. The molecule has 0 bridgehead atoms. The SMILES string of the molecule is CC(CN)CC(=O)Nc1cc(Cl)ccc1-n1cccn1. The van der Waals surface area contributed by atoms with Gasteiger partial charge in [-0.25, -0.2) is 4.68 Å². The molecule has 0 aliphatic rings. The first kappa shape index (κ1) is 14.6. The average molecular weight is 293 g/mol. The minimum atomic E-state index is -0.0846. The third kappa shape index (κ3) is 3.59. The van der Waals surface area contributed by atoms with Crippen molar-refractivity contribution in [2.75, 3.05) is 11.9 Å². The Morgan fingerprint density at radius 3 is 3.00 bits per heavy atom. The molecule has 0 aliphatic carbocycles. The van der Waals surface area contributed by atoms with E-state index in [0.29, 0.717) is 23.7 Å². The molecule has 5 nitrogen and oxygen atoms in total. The molecule has 0 radical (unpaired) electrons. The fourth-order valence-corrected chi connectivity index (χ4v) is 1.99. The third-order valence-corrected chi connectivity index (χ3v) is 3.16. The molecule has 2 aromatic rings. The molecule has 6 heteroatoms. The predicted octanol–water partition coefficient (Wildman–Crippen LogP) is 2.45. The van der Waals surface area contributed by atoms with Gasteiger partial charge in [0.2, 0.25) is 5.91 Å². The highest BCUT2D eigenvalue weighted by atomic mass is 35.5. The van der Waals surface area contributed by atoms with Crippen molar-refractivity contribution < 1.29 is 4.79 Å². The number of nitrogens with one attached hydrogen (secondary N) is 1. The summed E-state index contributed by atoms with van der Waals surface area (Å²) in [5.74, 6) is 0.0564. The van der Waals surface area contributed by atoms with Crippen molar-refractivity contribution >= 4 is 23.2 Å². The summed E-state index contributed by atoms with van der Waals surface area (Å²) in [6.07, 6.45) is 3.86. The smallest absolute Gasteiger partial charge is 0.224 e. The number of carbonyl (C=O) groups excluding carboxylic acids is 1. The van der Waals surface area contributed by atoms with E-state index in [1.807, 2.05) is 19.1 Å². The van der Waals surface area contributed by atoms with E-state index in [1.54, 1.807) is 29.2 Å². The lowest BCUT2D eigenvalue weighted by Gasteiger charge is -2.13. The van der Waals surface area contributed by atoms with Gasteiger partial charge in [0.25, 0.3) is 0 Å². The zero-order chi connectivity index (χ0) is 14.5. The number of halogens is 1. The van der Waals surface area contributed by atoms with Crippen molar-refractivity contribution in [2.45, 2.75) is 13.3 Å². The summed E-state index contributed by atoms with van der Waals surface area (Å²) in [6, 6.07) is 7.11. The number of hydrogen-bond acceptors (Lipinski definition) is 3. The second-order valence-corrected chi connectivity index (χ2v) is 5.14. The maximum absolute atomic E-state index is 12.0. The van der Waals surface area contributed by atoms with E-state index in [4.69, 9.17) is 17.3 Å². The van der Waals surface area contributed by atoms with Gasteiger partial charge in [0, 0.05) is 23.8 Å². The van der Waals surface area contributed by atoms with E-state index in [9.17, 15) is 4.79 Å². The number of carbonyl (C=O) groups is 1. The van der Waals surface area contributed by atoms with Crippen LogP contribution >= 0.6 is 11.6 Å². The maximum Gasteiger partial charge on any atom is 0.224 e. The lowest BCUT2D eigenvalue weighted by atomic mass is 10.1. The van der Waals surface area contributed by atoms with Crippen molar-refractivity contribution in [3.63, 3.8) is 0 Å². The Morgan fingerprint density at radius 2 is 2.35 bits per heavy atom. The van der Waals surface area contributed by atoms with Crippen molar-refractivity contribution in [1.82, 2.24) is 9.78 Å². The predicted molar refractivity (Wildman–Crippen MR) is 80.0 cm³/mol. The summed E-state index contributed by atoms with van der Waals surface area (Å²) in [5, 5.41) is 7.59. The number of nitrogens with zero attached hydrogens (tertiary/aromatic N) is 2. The van der Waals surface area contributed by atoms with E-state index in [0.717, 1.165) is 5.69 Å². The van der Waals surface area contributed by atoms with Gasteiger partial charge >= 0.3 is 0 Å². The van der Waals surface area contributed by atoms with Gasteiger partial charge in [-0.3, -0.25) is 4.79 Å². The Labute approximate surface area is 122 Å². The van der Waals surface area contributed by atoms with Crippen molar-refractivity contribution in [1.29, 1.82) is 0 Å². The first-order valence-electron chi connectivity index (χ1n) is 6.39. The zero-order valence-corrected chi connectivity index (χ0v) is 12.0. The van der Waals surface area contributed by atoms with E-state index < -0.39 is 0 Å². The molecule has 1 amide bonds. The summed E-state index contributed by atoms with van der Waals surface area (Å²) < 4.78 is 1.68. The van der Waals surface area contributed by atoms with Crippen LogP contribution in [0.3, 0.4) is 0 Å². The Morgan fingerprint density at radius 1 is 1.55 bits per heavy atom. The highest BCUT2D eigenvalue weighted by Crippen LogP contribution is 2.24. The molecular weight excluding hydrogens is 276 g/mol. The number of aromatic nitrogens is 2. The minimum absolute atomic E-state index is 0.0846. The van der Waals surface area contributed by atoms with E-state index in [2.05, 4.69) is 10.4 Å². The van der Waals surface area contributed by atoms with Crippen LogP contribution in [0.15, 0.2) is 36.7 Å². The molecule has 106 valence electrons. The van der Waals surface area contributed by atoms with Gasteiger partial charge in [0.15, 0.2) is 0 Å². The summed E-state index contributed by atoms with van der Waals surface area (Å²) in [7, 11) is 0. The number of hydrogen-bond donors (Lipinski definition) is 2. The van der Waals surface area contributed by atoms with Crippen LogP contribution in [0.25, 0.3) is 5.69 Å². The topological polar surface area (TPSA) is 72.9 Å². The molecule has 0 aliphatic heterocycles. The van der Waals surface area contributed by atoms with E-state index in [-0.39, 0.29) is 11.8 Å². The van der Waals surface area contributed by atoms with Crippen LogP contribution in [-0.2, 0) is 4.79 Å². The quantitative estimate of drug-likeness (QED) is 0.889. The van der Waals surface area contributed by atoms with Gasteiger partial charge in [-0.05, 0) is 36.7 Å². The van der Waals surface area contributed by atoms with Gasteiger partial charge in [0.1, 0.15) is 0 Å². The number of rotatable bonds is 5. The normalized spacial score (nSPS) is 12.2. The van der Waals surface area contributed by atoms with E-state index in [1.165, 1.54) is 0 Å². The standard InChI is InChI=1S/C14H17ClN4O/c1-10(9-16)7-14(20)18-12-8-11(15)3-4-13(12)19-6-2-5-17-19/h2-6,8,10H,7,9,16H2,1H3,(H,18,20). The van der Waals surface area contributed by atoms with Gasteiger partial charge in [-0.1, -0.05) is 18.5 Å². The largest absolute Gasteiger partial charge is 0.330 e. The Balaban J connectivity index is 2.22. The van der Waals surface area contributed by atoms with Gasteiger partial charge in [-0.2, -0.15) is 5.10 Å². The summed E-state index contributed by atoms with van der Waals surface area (Å²) in [4.78, 5) is 12.0. The first-order valence-corrected chi connectivity index (χ1v) is 6.77. The van der Waals surface area contributed by atoms with Crippen LogP contribution in [0.2, 0.25) is 5.02 Å². The van der Waals surface area contributed by atoms with Crippen molar-refractivity contribution in [2.24, 2.45) is 11.7 Å². The zero-order valence-electron chi connectivity index (χ0n) is 11.2. The Hall–Kier alpha value is -1.85.